The highest BCUT2D eigenvalue weighted by Crippen LogP contribution is 2.39. The summed E-state index contributed by atoms with van der Waals surface area (Å²) in [4.78, 5) is 11.4. The summed E-state index contributed by atoms with van der Waals surface area (Å²) in [6, 6.07) is 0. The van der Waals surface area contributed by atoms with Gasteiger partial charge in [-0.25, -0.2) is 4.79 Å². The predicted octanol–water partition coefficient (Wildman–Crippen LogP) is 3.46. The van der Waals surface area contributed by atoms with Crippen LogP contribution in [0.4, 0.5) is 0 Å². The Morgan fingerprint density at radius 3 is 1.88 bits per heavy atom. The third-order valence-electron chi connectivity index (χ3n) is 4.15. The summed E-state index contributed by atoms with van der Waals surface area (Å²) >= 11 is 0. The van der Waals surface area contributed by atoms with E-state index in [9.17, 15) is 4.79 Å². The fraction of sp³-hybridized carbons (Fsp3) is 0.786. The molecule has 0 amide bonds. The molecular weight excluding hydrogens is 200 g/mol. The fourth-order valence-electron chi connectivity index (χ4n) is 3.33. The second-order valence-corrected chi connectivity index (χ2v) is 5.19. The second kappa shape index (κ2) is 5.51. The van der Waals surface area contributed by atoms with E-state index in [0.717, 1.165) is 0 Å². The first-order valence-corrected chi connectivity index (χ1v) is 6.64. The van der Waals surface area contributed by atoms with Gasteiger partial charge >= 0.3 is 5.97 Å². The van der Waals surface area contributed by atoms with Crippen LogP contribution in [0.25, 0.3) is 0 Å². The summed E-state index contributed by atoms with van der Waals surface area (Å²) in [5, 5.41) is 0. The Morgan fingerprint density at radius 1 is 1.06 bits per heavy atom. The summed E-state index contributed by atoms with van der Waals surface area (Å²) in [5.74, 6) is 1.00. The van der Waals surface area contributed by atoms with Gasteiger partial charge < -0.3 is 4.74 Å². The van der Waals surface area contributed by atoms with E-state index < -0.39 is 0 Å². The Labute approximate surface area is 98.1 Å². The molecule has 0 radical (unpaired) electrons. The van der Waals surface area contributed by atoms with Gasteiger partial charge in [-0.2, -0.15) is 0 Å². The van der Waals surface area contributed by atoms with Crippen molar-refractivity contribution in [2.45, 2.75) is 57.5 Å². The first kappa shape index (κ1) is 11.7. The van der Waals surface area contributed by atoms with E-state index in [2.05, 4.69) is 6.58 Å². The van der Waals surface area contributed by atoms with Crippen molar-refractivity contribution in [3.63, 3.8) is 0 Å². The van der Waals surface area contributed by atoms with E-state index in [-0.39, 0.29) is 12.1 Å². The number of esters is 1. The average molecular weight is 222 g/mol. The highest BCUT2D eigenvalue weighted by atomic mass is 16.5. The fourth-order valence-corrected chi connectivity index (χ4v) is 3.33. The van der Waals surface area contributed by atoms with Crippen molar-refractivity contribution in [2.75, 3.05) is 0 Å². The normalized spacial score (nSPS) is 22.8. The molecule has 0 unspecified atom stereocenters. The number of rotatable bonds is 4. The molecule has 0 aromatic carbocycles. The monoisotopic (exact) mass is 222 g/mol. The zero-order chi connectivity index (χ0) is 11.4. The molecule has 16 heavy (non-hydrogen) atoms. The van der Waals surface area contributed by atoms with E-state index in [1.54, 1.807) is 0 Å². The van der Waals surface area contributed by atoms with Crippen LogP contribution in [0.2, 0.25) is 0 Å². The van der Waals surface area contributed by atoms with Crippen LogP contribution in [-0.2, 0) is 9.53 Å². The topological polar surface area (TPSA) is 26.3 Å². The molecule has 0 saturated heterocycles. The van der Waals surface area contributed by atoms with Crippen molar-refractivity contribution in [2.24, 2.45) is 11.8 Å². The van der Waals surface area contributed by atoms with E-state index in [0.29, 0.717) is 11.8 Å². The Morgan fingerprint density at radius 2 is 1.50 bits per heavy atom. The first-order chi connectivity index (χ1) is 7.81. The van der Waals surface area contributed by atoms with Crippen LogP contribution in [0.5, 0.6) is 0 Å². The molecule has 0 aliphatic heterocycles. The van der Waals surface area contributed by atoms with E-state index >= 15 is 0 Å². The smallest absolute Gasteiger partial charge is 0.330 e. The third kappa shape index (κ3) is 2.66. The number of carbonyl (C=O) groups excluding carboxylic acids is 1. The molecule has 0 atom stereocenters. The molecular formula is C14H22O2. The molecule has 0 heterocycles. The maximum atomic E-state index is 11.4. The lowest BCUT2D eigenvalue weighted by Gasteiger charge is -2.28. The van der Waals surface area contributed by atoms with E-state index in [4.69, 9.17) is 4.74 Å². The molecule has 0 bridgehead atoms. The summed E-state index contributed by atoms with van der Waals surface area (Å²) in [7, 11) is 0. The van der Waals surface area contributed by atoms with Crippen molar-refractivity contribution in [3.8, 4) is 0 Å². The van der Waals surface area contributed by atoms with Crippen molar-refractivity contribution in [1.82, 2.24) is 0 Å². The Kier molecular flexibility index (Phi) is 4.03. The van der Waals surface area contributed by atoms with Crippen LogP contribution < -0.4 is 0 Å². The van der Waals surface area contributed by atoms with Gasteiger partial charge in [0.05, 0.1) is 0 Å². The molecule has 2 fully saturated rings. The van der Waals surface area contributed by atoms with Crippen LogP contribution in [0.15, 0.2) is 12.7 Å². The van der Waals surface area contributed by atoms with Crippen LogP contribution in [0, 0.1) is 11.8 Å². The SMILES string of the molecule is C=CC(=O)OC(C1CCCC1)C1CCCC1. The molecule has 2 saturated carbocycles. The van der Waals surface area contributed by atoms with Crippen molar-refractivity contribution >= 4 is 5.97 Å². The molecule has 0 aromatic heterocycles. The second-order valence-electron chi connectivity index (χ2n) is 5.19. The molecule has 2 aliphatic carbocycles. The number of hydrogen-bond acceptors (Lipinski definition) is 2. The van der Waals surface area contributed by atoms with Gasteiger partial charge in [-0.05, 0) is 37.5 Å². The van der Waals surface area contributed by atoms with Crippen LogP contribution in [0.1, 0.15) is 51.4 Å². The summed E-state index contributed by atoms with van der Waals surface area (Å²) in [5.41, 5.74) is 0. The van der Waals surface area contributed by atoms with E-state index in [1.807, 2.05) is 0 Å². The molecule has 2 rings (SSSR count). The Hall–Kier alpha value is -0.790. The third-order valence-corrected chi connectivity index (χ3v) is 4.15. The standard InChI is InChI=1S/C14H22O2/c1-2-13(15)16-14(11-7-3-4-8-11)12-9-5-6-10-12/h2,11-12,14H,1,3-10H2. The summed E-state index contributed by atoms with van der Waals surface area (Å²) in [6.07, 6.45) is 11.7. The summed E-state index contributed by atoms with van der Waals surface area (Å²) in [6.45, 7) is 3.49. The minimum absolute atomic E-state index is 0.176. The van der Waals surface area contributed by atoms with Gasteiger partial charge in [-0.3, -0.25) is 0 Å². The highest BCUT2D eigenvalue weighted by molar-refractivity contribution is 5.81. The van der Waals surface area contributed by atoms with Crippen molar-refractivity contribution in [3.05, 3.63) is 12.7 Å². The molecule has 2 nitrogen and oxygen atoms in total. The lowest BCUT2D eigenvalue weighted by atomic mass is 9.88. The molecule has 0 aromatic rings. The lowest BCUT2D eigenvalue weighted by molar-refractivity contribution is -0.149. The van der Waals surface area contributed by atoms with Crippen LogP contribution in [-0.4, -0.2) is 12.1 Å². The highest BCUT2D eigenvalue weighted by Gasteiger charge is 2.35. The molecule has 0 N–H and O–H groups in total. The maximum Gasteiger partial charge on any atom is 0.330 e. The predicted molar refractivity (Wildman–Crippen MR) is 64.0 cm³/mol. The quantitative estimate of drug-likeness (QED) is 0.538. The molecule has 90 valence electrons. The Bertz CT molecular complexity index is 231. The van der Waals surface area contributed by atoms with Gasteiger partial charge in [0.15, 0.2) is 0 Å². The van der Waals surface area contributed by atoms with Crippen LogP contribution >= 0.6 is 0 Å². The van der Waals surface area contributed by atoms with Gasteiger partial charge in [0.25, 0.3) is 0 Å². The van der Waals surface area contributed by atoms with Gasteiger partial charge in [-0.15, -0.1) is 0 Å². The molecule has 2 heteroatoms. The molecule has 2 aliphatic rings. The maximum absolute atomic E-state index is 11.4. The number of carbonyl (C=O) groups is 1. The van der Waals surface area contributed by atoms with Crippen molar-refractivity contribution in [1.29, 1.82) is 0 Å². The molecule has 0 spiro atoms. The first-order valence-electron chi connectivity index (χ1n) is 6.64. The van der Waals surface area contributed by atoms with Crippen molar-refractivity contribution < 1.29 is 9.53 Å². The number of ether oxygens (including phenoxy) is 1. The van der Waals surface area contributed by atoms with E-state index in [1.165, 1.54) is 57.4 Å². The van der Waals surface area contributed by atoms with Gasteiger partial charge in [0.2, 0.25) is 0 Å². The zero-order valence-electron chi connectivity index (χ0n) is 9.99. The largest absolute Gasteiger partial charge is 0.459 e. The Balaban J connectivity index is 1.98. The lowest BCUT2D eigenvalue weighted by Crippen LogP contribution is -2.31. The van der Waals surface area contributed by atoms with Gasteiger partial charge in [0.1, 0.15) is 6.10 Å². The number of hydrogen-bond donors (Lipinski definition) is 0. The summed E-state index contributed by atoms with van der Waals surface area (Å²) < 4.78 is 5.61. The average Bonchev–Trinajstić information content (AvgIpc) is 2.97. The van der Waals surface area contributed by atoms with Gasteiger partial charge in [-0.1, -0.05) is 32.3 Å². The van der Waals surface area contributed by atoms with Crippen LogP contribution in [0.3, 0.4) is 0 Å². The minimum Gasteiger partial charge on any atom is -0.459 e. The zero-order valence-corrected chi connectivity index (χ0v) is 9.99. The van der Waals surface area contributed by atoms with Gasteiger partial charge in [0, 0.05) is 6.08 Å². The minimum atomic E-state index is -0.233.